The molecule has 0 bridgehead atoms. The Morgan fingerprint density at radius 3 is 1.27 bits per heavy atom. The number of rotatable bonds is 2. The van der Waals surface area contributed by atoms with E-state index in [-0.39, 0.29) is 1.43 Å². The molecule has 0 radical (unpaired) electrons. The van der Waals surface area contributed by atoms with Crippen LogP contribution in [0.25, 0.3) is 0 Å². The van der Waals surface area contributed by atoms with Crippen molar-refractivity contribution in [2.75, 3.05) is 0 Å². The van der Waals surface area contributed by atoms with Gasteiger partial charge in [-0.1, -0.05) is 0 Å². The summed E-state index contributed by atoms with van der Waals surface area (Å²) in [6, 6.07) is 0. The van der Waals surface area contributed by atoms with E-state index in [1.54, 1.807) is 0 Å². The molecule has 66 valence electrons. The molecule has 0 aliphatic carbocycles. The van der Waals surface area contributed by atoms with Gasteiger partial charge in [0.05, 0.1) is 0 Å². The van der Waals surface area contributed by atoms with Crippen molar-refractivity contribution < 1.29 is 1.43 Å². The normalized spacial score (nSPS) is 12.9. The molecular weight excluding hydrogens is 147 g/mol. The molecule has 0 saturated heterocycles. The van der Waals surface area contributed by atoms with Gasteiger partial charge >= 0.3 is 78.2 Å². The minimum atomic E-state index is 0. The van der Waals surface area contributed by atoms with Gasteiger partial charge in [0.2, 0.25) is 0 Å². The Hall–Kier alpha value is 0.532. The minimum Gasteiger partial charge on any atom is -1.00 e. The van der Waals surface area contributed by atoms with Gasteiger partial charge in [-0.15, -0.1) is 0 Å². The molecule has 0 aromatic carbocycles. The van der Waals surface area contributed by atoms with E-state index in [4.69, 9.17) is 0 Å². The van der Waals surface area contributed by atoms with Crippen LogP contribution in [0.1, 0.15) is 43.0 Å². The van der Waals surface area contributed by atoms with E-state index < -0.39 is 0 Å². The van der Waals surface area contributed by atoms with Gasteiger partial charge in [-0.3, -0.25) is 0 Å². The SMILES string of the molecule is CC(C)(C)[CH2][Al+][CH2]C(C)(C)C.[H-]. The van der Waals surface area contributed by atoms with Gasteiger partial charge in [0.25, 0.3) is 0 Å². The van der Waals surface area contributed by atoms with Crippen LogP contribution >= 0.6 is 0 Å². The zero-order valence-electron chi connectivity index (χ0n) is 9.99. The summed E-state index contributed by atoms with van der Waals surface area (Å²) in [4.78, 5) is 0. The van der Waals surface area contributed by atoms with Crippen LogP contribution in [0.4, 0.5) is 0 Å². The average Bonchev–Trinajstić information content (AvgIpc) is 1.55. The Kier molecular flexibility index (Phi) is 4.16. The molecule has 0 rings (SSSR count). The Morgan fingerprint density at radius 1 is 0.818 bits per heavy atom. The van der Waals surface area contributed by atoms with Crippen LogP contribution in [0, 0.1) is 10.8 Å². The van der Waals surface area contributed by atoms with Gasteiger partial charge in [-0.25, -0.2) is 0 Å². The fourth-order valence-corrected chi connectivity index (χ4v) is 2.81. The molecule has 0 heterocycles. The van der Waals surface area contributed by atoms with Crippen molar-refractivity contribution in [2.24, 2.45) is 10.8 Å². The molecule has 0 aromatic rings. The molecule has 11 heavy (non-hydrogen) atoms. The summed E-state index contributed by atoms with van der Waals surface area (Å²) in [5.74, 6) is 0. The van der Waals surface area contributed by atoms with Crippen LogP contribution in [0.5, 0.6) is 0 Å². The molecular formula is C10H23Al. The number of hydrogen-bond donors (Lipinski definition) is 0. The summed E-state index contributed by atoms with van der Waals surface area (Å²) in [6.45, 7) is 14.0. The first-order valence-corrected chi connectivity index (χ1v) is 6.16. The fourth-order valence-electron chi connectivity index (χ4n) is 0.938. The molecule has 0 atom stereocenters. The quantitative estimate of drug-likeness (QED) is 0.554. The van der Waals surface area contributed by atoms with Crippen molar-refractivity contribution in [3.8, 4) is 0 Å². The second kappa shape index (κ2) is 3.97. The van der Waals surface area contributed by atoms with Gasteiger partial charge in [0.1, 0.15) is 0 Å². The Balaban J connectivity index is 0. The molecule has 0 spiro atoms. The van der Waals surface area contributed by atoms with Crippen LogP contribution < -0.4 is 0 Å². The number of hydrogen-bond acceptors (Lipinski definition) is 0. The molecule has 0 fully saturated rings. The average molecular weight is 170 g/mol. The zero-order chi connectivity index (χ0) is 9.12. The third-order valence-electron chi connectivity index (χ3n) is 1.51. The van der Waals surface area contributed by atoms with Gasteiger partial charge in [-0.2, -0.15) is 0 Å². The molecule has 0 aromatic heterocycles. The second-order valence-corrected chi connectivity index (χ2v) is 7.21. The summed E-state index contributed by atoms with van der Waals surface area (Å²) in [5.41, 5.74) is 1.11. The molecule has 0 saturated carbocycles. The van der Waals surface area contributed by atoms with Crippen molar-refractivity contribution in [3.05, 3.63) is 0 Å². The van der Waals surface area contributed by atoms with E-state index in [0.717, 1.165) is 0 Å². The zero-order valence-corrected chi connectivity index (χ0v) is 10.1. The maximum Gasteiger partial charge on any atom is -1.00 e. The van der Waals surface area contributed by atoms with Crippen LogP contribution in [0.3, 0.4) is 0 Å². The standard InChI is InChI=1S/2C5H11.Al.H/c2*1-5(2,3)4;;/h2*1H2,2-4H3;;/q;;+1;-1. The first kappa shape index (κ1) is 11.5. The molecule has 0 nitrogen and oxygen atoms in total. The first-order valence-electron chi connectivity index (χ1n) is 4.52. The van der Waals surface area contributed by atoms with Gasteiger partial charge in [-0.05, 0) is 0 Å². The van der Waals surface area contributed by atoms with E-state index in [0.29, 0.717) is 26.0 Å². The molecule has 0 aliphatic rings. The van der Waals surface area contributed by atoms with Crippen molar-refractivity contribution in [1.82, 2.24) is 0 Å². The van der Waals surface area contributed by atoms with Crippen molar-refractivity contribution >= 4 is 15.2 Å². The topological polar surface area (TPSA) is 0 Å². The van der Waals surface area contributed by atoms with Crippen molar-refractivity contribution in [1.29, 1.82) is 0 Å². The van der Waals surface area contributed by atoms with Gasteiger partial charge in [0, 0.05) is 0 Å². The van der Waals surface area contributed by atoms with E-state index in [9.17, 15) is 0 Å². The summed E-state index contributed by atoms with van der Waals surface area (Å²) in [7, 11) is 0. The largest absolute Gasteiger partial charge is 1.00 e. The molecule has 0 aliphatic heterocycles. The maximum atomic E-state index is 2.34. The minimum absolute atomic E-state index is 0. The van der Waals surface area contributed by atoms with Crippen LogP contribution in [-0.2, 0) is 0 Å². The van der Waals surface area contributed by atoms with Crippen LogP contribution in [0.15, 0.2) is 0 Å². The molecule has 1 heteroatoms. The summed E-state index contributed by atoms with van der Waals surface area (Å²) in [6.07, 6.45) is 0. The monoisotopic (exact) mass is 170 g/mol. The first-order chi connectivity index (χ1) is 4.71. The Bertz CT molecular complexity index is 94.0. The molecule has 0 unspecified atom stereocenters. The molecule has 0 N–H and O–H groups in total. The van der Waals surface area contributed by atoms with Gasteiger partial charge in [0.15, 0.2) is 0 Å². The van der Waals surface area contributed by atoms with Crippen molar-refractivity contribution in [2.45, 2.75) is 52.1 Å². The predicted octanol–water partition coefficient (Wildman–Crippen LogP) is 3.73. The Labute approximate surface area is 80.0 Å². The summed E-state index contributed by atoms with van der Waals surface area (Å²) in [5, 5.41) is 2.87. The summed E-state index contributed by atoms with van der Waals surface area (Å²) >= 11 is 0.669. The Morgan fingerprint density at radius 2 is 1.09 bits per heavy atom. The van der Waals surface area contributed by atoms with E-state index in [1.165, 1.54) is 10.6 Å². The third-order valence-corrected chi connectivity index (χ3v) is 4.54. The maximum absolute atomic E-state index is 2.34. The van der Waals surface area contributed by atoms with Crippen LogP contribution in [0.2, 0.25) is 10.6 Å². The van der Waals surface area contributed by atoms with Gasteiger partial charge < -0.3 is 1.43 Å². The summed E-state index contributed by atoms with van der Waals surface area (Å²) < 4.78 is 0. The van der Waals surface area contributed by atoms with E-state index in [2.05, 4.69) is 41.5 Å². The van der Waals surface area contributed by atoms with Crippen molar-refractivity contribution in [3.63, 3.8) is 0 Å². The smallest absolute Gasteiger partial charge is 1.00 e. The van der Waals surface area contributed by atoms with E-state index in [1.807, 2.05) is 0 Å². The van der Waals surface area contributed by atoms with Crippen LogP contribution in [-0.4, -0.2) is 15.2 Å². The van der Waals surface area contributed by atoms with E-state index >= 15 is 0 Å². The second-order valence-electron chi connectivity index (χ2n) is 5.82. The molecule has 0 amide bonds. The predicted molar refractivity (Wildman–Crippen MR) is 55.4 cm³/mol. The third kappa shape index (κ3) is 10.5. The fraction of sp³-hybridized carbons (Fsp3) is 1.00.